The lowest BCUT2D eigenvalue weighted by Crippen LogP contribution is -1.97. The van der Waals surface area contributed by atoms with Crippen molar-refractivity contribution in [2.24, 2.45) is 0 Å². The first-order valence-electron chi connectivity index (χ1n) is 5.70. The van der Waals surface area contributed by atoms with Crippen LogP contribution < -0.4 is 0 Å². The molecule has 0 saturated heterocycles. The third-order valence-corrected chi connectivity index (χ3v) is 3.18. The molecule has 0 aliphatic rings. The lowest BCUT2D eigenvalue weighted by atomic mass is 10.1. The zero-order chi connectivity index (χ0) is 12.4. The molecule has 1 N–H and O–H groups in total. The molecule has 88 valence electrons. The molecule has 0 aliphatic carbocycles. The molecular weight excluding hydrogens is 242 g/mol. The summed E-state index contributed by atoms with van der Waals surface area (Å²) in [6, 6.07) is 12.0. The van der Waals surface area contributed by atoms with Gasteiger partial charge in [0, 0.05) is 29.6 Å². The van der Waals surface area contributed by atoms with E-state index >= 15 is 0 Å². The molecular formula is C14H11N3S. The minimum atomic E-state index is 0.681. The van der Waals surface area contributed by atoms with Crippen LogP contribution in [0.2, 0.25) is 0 Å². The fourth-order valence-corrected chi connectivity index (χ4v) is 2.23. The van der Waals surface area contributed by atoms with Crippen molar-refractivity contribution in [1.29, 1.82) is 0 Å². The van der Waals surface area contributed by atoms with E-state index in [9.17, 15) is 0 Å². The number of fused-ring (bicyclic) bond motifs is 1. The molecule has 18 heavy (non-hydrogen) atoms. The summed E-state index contributed by atoms with van der Waals surface area (Å²) in [7, 11) is 0. The van der Waals surface area contributed by atoms with E-state index in [1.54, 1.807) is 6.20 Å². The Kier molecular flexibility index (Phi) is 2.86. The van der Waals surface area contributed by atoms with Crippen LogP contribution >= 0.6 is 12.2 Å². The zero-order valence-corrected chi connectivity index (χ0v) is 10.4. The topological polar surface area (TPSA) is 41.6 Å². The first kappa shape index (κ1) is 11.0. The molecule has 1 aromatic carbocycles. The Balaban J connectivity index is 2.13. The van der Waals surface area contributed by atoms with Crippen LogP contribution in [0.1, 0.15) is 11.3 Å². The molecule has 3 nitrogen and oxygen atoms in total. The highest BCUT2D eigenvalue weighted by molar-refractivity contribution is 7.71. The minimum Gasteiger partial charge on any atom is -0.267 e. The molecule has 0 unspecified atom stereocenters. The standard InChI is InChI=1S/C14H11N3S/c18-14-12-6-2-1-5-11(12)13(16-17-14)8-10-4-3-7-15-9-10/h1-7,9H,8H2,(H,17,18). The van der Waals surface area contributed by atoms with Gasteiger partial charge in [0.2, 0.25) is 0 Å². The summed E-state index contributed by atoms with van der Waals surface area (Å²) in [6.07, 6.45) is 4.38. The summed E-state index contributed by atoms with van der Waals surface area (Å²) in [5, 5.41) is 9.40. The molecule has 2 heterocycles. The van der Waals surface area contributed by atoms with Crippen LogP contribution in [0.4, 0.5) is 0 Å². The number of rotatable bonds is 2. The van der Waals surface area contributed by atoms with Crippen molar-refractivity contribution >= 4 is 23.0 Å². The maximum absolute atomic E-state index is 5.25. The highest BCUT2D eigenvalue weighted by Gasteiger charge is 2.05. The molecule has 0 saturated carbocycles. The highest BCUT2D eigenvalue weighted by atomic mass is 32.1. The number of H-pyrrole nitrogens is 1. The van der Waals surface area contributed by atoms with Gasteiger partial charge < -0.3 is 0 Å². The van der Waals surface area contributed by atoms with Crippen LogP contribution in [0.15, 0.2) is 48.8 Å². The predicted octanol–water partition coefficient (Wildman–Crippen LogP) is 3.28. The van der Waals surface area contributed by atoms with Gasteiger partial charge in [0.05, 0.1) is 5.69 Å². The molecule has 0 radical (unpaired) electrons. The first-order chi connectivity index (χ1) is 8.84. The van der Waals surface area contributed by atoms with Crippen molar-refractivity contribution in [3.05, 3.63) is 64.7 Å². The van der Waals surface area contributed by atoms with Crippen LogP contribution in [0.25, 0.3) is 10.8 Å². The lowest BCUT2D eigenvalue weighted by molar-refractivity contribution is 0.946. The second-order valence-electron chi connectivity index (χ2n) is 4.08. The molecule has 0 fully saturated rings. The van der Waals surface area contributed by atoms with Crippen molar-refractivity contribution in [3.63, 3.8) is 0 Å². The van der Waals surface area contributed by atoms with Gasteiger partial charge in [0.25, 0.3) is 0 Å². The maximum atomic E-state index is 5.25. The Hall–Kier alpha value is -2.07. The summed E-state index contributed by atoms with van der Waals surface area (Å²) in [4.78, 5) is 4.12. The second kappa shape index (κ2) is 4.66. The molecule has 3 aromatic rings. The van der Waals surface area contributed by atoms with E-state index in [1.807, 2.05) is 36.5 Å². The van der Waals surface area contributed by atoms with Gasteiger partial charge in [-0.1, -0.05) is 42.5 Å². The summed E-state index contributed by atoms with van der Waals surface area (Å²) >= 11 is 5.25. The average Bonchev–Trinajstić information content (AvgIpc) is 2.44. The molecule has 0 amide bonds. The molecule has 4 heteroatoms. The Morgan fingerprint density at radius 2 is 1.89 bits per heavy atom. The van der Waals surface area contributed by atoms with Gasteiger partial charge in [-0.2, -0.15) is 5.10 Å². The Bertz CT molecular complexity index is 735. The number of pyridine rings is 1. The van der Waals surface area contributed by atoms with Crippen molar-refractivity contribution < 1.29 is 0 Å². The number of nitrogens with one attached hydrogen (secondary N) is 1. The van der Waals surface area contributed by atoms with Gasteiger partial charge in [0.1, 0.15) is 4.64 Å². The number of benzene rings is 1. The van der Waals surface area contributed by atoms with E-state index in [-0.39, 0.29) is 0 Å². The van der Waals surface area contributed by atoms with Gasteiger partial charge >= 0.3 is 0 Å². The summed E-state index contributed by atoms with van der Waals surface area (Å²) in [5.41, 5.74) is 2.13. The third kappa shape index (κ3) is 2.02. The fraction of sp³-hybridized carbons (Fsp3) is 0.0714. The van der Waals surface area contributed by atoms with Crippen molar-refractivity contribution in [2.75, 3.05) is 0 Å². The van der Waals surface area contributed by atoms with Crippen molar-refractivity contribution in [3.8, 4) is 0 Å². The Morgan fingerprint density at radius 3 is 2.67 bits per heavy atom. The van der Waals surface area contributed by atoms with E-state index < -0.39 is 0 Å². The van der Waals surface area contributed by atoms with E-state index in [0.717, 1.165) is 28.5 Å². The lowest BCUT2D eigenvalue weighted by Gasteiger charge is -2.05. The number of hydrogen-bond donors (Lipinski definition) is 1. The third-order valence-electron chi connectivity index (χ3n) is 2.87. The monoisotopic (exact) mass is 253 g/mol. The van der Waals surface area contributed by atoms with Crippen LogP contribution in [0, 0.1) is 4.64 Å². The fourth-order valence-electron chi connectivity index (χ4n) is 2.00. The largest absolute Gasteiger partial charge is 0.267 e. The Labute approximate surface area is 110 Å². The van der Waals surface area contributed by atoms with E-state index in [4.69, 9.17) is 12.2 Å². The molecule has 0 aliphatic heterocycles. The summed E-state index contributed by atoms with van der Waals surface area (Å²) in [6.45, 7) is 0. The smallest absolute Gasteiger partial charge is 0.127 e. The maximum Gasteiger partial charge on any atom is 0.127 e. The van der Waals surface area contributed by atoms with E-state index in [1.165, 1.54) is 0 Å². The highest BCUT2D eigenvalue weighted by Crippen LogP contribution is 2.18. The van der Waals surface area contributed by atoms with Gasteiger partial charge in [-0.05, 0) is 11.6 Å². The summed E-state index contributed by atoms with van der Waals surface area (Å²) in [5.74, 6) is 0. The molecule has 3 rings (SSSR count). The number of aromatic nitrogens is 3. The van der Waals surface area contributed by atoms with Crippen LogP contribution in [-0.2, 0) is 6.42 Å². The Morgan fingerprint density at radius 1 is 1.06 bits per heavy atom. The minimum absolute atomic E-state index is 0.681. The van der Waals surface area contributed by atoms with E-state index in [2.05, 4.69) is 21.2 Å². The van der Waals surface area contributed by atoms with Crippen LogP contribution in [0.3, 0.4) is 0 Å². The average molecular weight is 253 g/mol. The number of nitrogens with zero attached hydrogens (tertiary/aromatic N) is 2. The molecule has 0 bridgehead atoms. The van der Waals surface area contributed by atoms with Crippen molar-refractivity contribution in [2.45, 2.75) is 6.42 Å². The van der Waals surface area contributed by atoms with Gasteiger partial charge in [-0.25, -0.2) is 0 Å². The zero-order valence-electron chi connectivity index (χ0n) is 9.63. The SMILES string of the molecule is S=c1[nH]nc(Cc2cccnc2)c2ccccc12. The van der Waals surface area contributed by atoms with Crippen LogP contribution in [0.5, 0.6) is 0 Å². The number of aromatic amines is 1. The molecule has 2 aromatic heterocycles. The van der Waals surface area contributed by atoms with Gasteiger partial charge in [-0.3, -0.25) is 10.1 Å². The second-order valence-corrected chi connectivity index (χ2v) is 4.49. The molecule has 0 atom stereocenters. The molecule has 0 spiro atoms. The predicted molar refractivity (Wildman–Crippen MR) is 74.0 cm³/mol. The normalized spacial score (nSPS) is 10.7. The van der Waals surface area contributed by atoms with E-state index in [0.29, 0.717) is 4.64 Å². The van der Waals surface area contributed by atoms with Crippen molar-refractivity contribution in [1.82, 2.24) is 15.2 Å². The quantitative estimate of drug-likeness (QED) is 0.713. The van der Waals surface area contributed by atoms with Crippen LogP contribution in [-0.4, -0.2) is 15.2 Å². The summed E-state index contributed by atoms with van der Waals surface area (Å²) < 4.78 is 0.681. The number of hydrogen-bond acceptors (Lipinski definition) is 3. The van der Waals surface area contributed by atoms with Gasteiger partial charge in [-0.15, -0.1) is 0 Å². The van der Waals surface area contributed by atoms with Gasteiger partial charge in [0.15, 0.2) is 0 Å². The first-order valence-corrected chi connectivity index (χ1v) is 6.10.